The Morgan fingerprint density at radius 1 is 1.00 bits per heavy atom. The van der Waals surface area contributed by atoms with Gasteiger partial charge in [-0.1, -0.05) is 30.3 Å². The third-order valence-corrected chi connectivity index (χ3v) is 5.22. The van der Waals surface area contributed by atoms with Crippen LogP contribution in [-0.4, -0.2) is 19.5 Å². The molecule has 0 saturated heterocycles. The first-order valence-electron chi connectivity index (χ1n) is 8.17. The molecule has 0 aliphatic heterocycles. The third kappa shape index (κ3) is 4.66. The van der Waals surface area contributed by atoms with Gasteiger partial charge in [0.15, 0.2) is 0 Å². The molecule has 0 aliphatic carbocycles. The number of sulfonamides is 1. The normalized spacial score (nSPS) is 11.0. The minimum absolute atomic E-state index is 0.00339. The van der Waals surface area contributed by atoms with Gasteiger partial charge in [-0.15, -0.1) is 0 Å². The van der Waals surface area contributed by atoms with Gasteiger partial charge < -0.3 is 9.84 Å². The highest BCUT2D eigenvalue weighted by Crippen LogP contribution is 2.28. The Balaban J connectivity index is 1.80. The largest absolute Gasteiger partial charge is 0.487 e. The minimum Gasteiger partial charge on any atom is -0.487 e. The molecule has 0 amide bonds. The van der Waals surface area contributed by atoms with Gasteiger partial charge in [0.05, 0.1) is 16.1 Å². The van der Waals surface area contributed by atoms with Crippen LogP contribution in [0.25, 0.3) is 0 Å². The second-order valence-corrected chi connectivity index (χ2v) is 7.53. The Bertz CT molecular complexity index is 1080. The van der Waals surface area contributed by atoms with Crippen LogP contribution in [0.3, 0.4) is 0 Å². The number of halogens is 1. The van der Waals surface area contributed by atoms with Gasteiger partial charge in [0.2, 0.25) is 0 Å². The van der Waals surface area contributed by atoms with Crippen molar-refractivity contribution in [2.24, 2.45) is 0 Å². The second-order valence-electron chi connectivity index (χ2n) is 5.85. The molecule has 6 nitrogen and oxygen atoms in total. The quantitative estimate of drug-likeness (QED) is 0.626. The highest BCUT2D eigenvalue weighted by Gasteiger charge is 2.17. The summed E-state index contributed by atoms with van der Waals surface area (Å²) < 4.78 is 46.6. The molecule has 0 heterocycles. The van der Waals surface area contributed by atoms with E-state index in [0.717, 1.165) is 12.1 Å². The fraction of sp³-hybridized carbons (Fsp3) is 0.0500. The zero-order valence-electron chi connectivity index (χ0n) is 14.5. The molecule has 0 aliphatic rings. The highest BCUT2D eigenvalue weighted by atomic mass is 32.2. The van der Waals surface area contributed by atoms with E-state index in [1.54, 1.807) is 30.3 Å². The zero-order valence-corrected chi connectivity index (χ0v) is 15.3. The Morgan fingerprint density at radius 2 is 1.68 bits per heavy atom. The summed E-state index contributed by atoms with van der Waals surface area (Å²) in [7, 11) is -3.86. The van der Waals surface area contributed by atoms with E-state index < -0.39 is 21.8 Å². The standard InChI is InChI=1S/C20H16FNO5S/c21-16-10-11-18(22-28(25,26)17-4-2-1-3-5-17)19(12-16)27-13-14-6-8-15(9-7-14)20(23)24/h1-12,22H,13H2,(H,23,24). The van der Waals surface area contributed by atoms with E-state index in [-0.39, 0.29) is 28.5 Å². The van der Waals surface area contributed by atoms with E-state index in [2.05, 4.69) is 4.72 Å². The Labute approximate surface area is 161 Å². The third-order valence-electron chi connectivity index (χ3n) is 3.84. The van der Waals surface area contributed by atoms with Crippen molar-refractivity contribution in [3.8, 4) is 5.75 Å². The number of benzene rings is 3. The van der Waals surface area contributed by atoms with Crippen LogP contribution < -0.4 is 9.46 Å². The Morgan fingerprint density at radius 3 is 2.32 bits per heavy atom. The lowest BCUT2D eigenvalue weighted by atomic mass is 10.1. The average Bonchev–Trinajstić information content (AvgIpc) is 2.69. The second kappa shape index (κ2) is 8.10. The van der Waals surface area contributed by atoms with Crippen LogP contribution in [0.1, 0.15) is 15.9 Å². The number of nitrogens with one attached hydrogen (secondary N) is 1. The molecule has 2 N–H and O–H groups in total. The average molecular weight is 401 g/mol. The molecular formula is C20H16FNO5S. The lowest BCUT2D eigenvalue weighted by Crippen LogP contribution is -2.14. The Kier molecular flexibility index (Phi) is 5.60. The number of hydrogen-bond acceptors (Lipinski definition) is 4. The van der Waals surface area contributed by atoms with Crippen LogP contribution in [-0.2, 0) is 16.6 Å². The van der Waals surface area contributed by atoms with E-state index in [1.165, 1.54) is 30.3 Å². The molecule has 144 valence electrons. The molecule has 0 radical (unpaired) electrons. The van der Waals surface area contributed by atoms with E-state index in [4.69, 9.17) is 9.84 Å². The van der Waals surface area contributed by atoms with Crippen molar-refractivity contribution >= 4 is 21.7 Å². The number of carboxylic acids is 1. The number of carboxylic acid groups (broad SMARTS) is 1. The fourth-order valence-electron chi connectivity index (χ4n) is 2.41. The van der Waals surface area contributed by atoms with E-state index >= 15 is 0 Å². The highest BCUT2D eigenvalue weighted by molar-refractivity contribution is 7.92. The van der Waals surface area contributed by atoms with Crippen LogP contribution in [0, 0.1) is 5.82 Å². The summed E-state index contributed by atoms with van der Waals surface area (Å²) in [6.45, 7) is 0.00339. The van der Waals surface area contributed by atoms with E-state index in [0.29, 0.717) is 5.56 Å². The lowest BCUT2D eigenvalue weighted by molar-refractivity contribution is 0.0697. The van der Waals surface area contributed by atoms with Crippen molar-refractivity contribution in [3.05, 3.63) is 89.7 Å². The van der Waals surface area contributed by atoms with E-state index in [9.17, 15) is 17.6 Å². The maximum absolute atomic E-state index is 13.6. The van der Waals surface area contributed by atoms with Crippen molar-refractivity contribution in [1.29, 1.82) is 0 Å². The molecule has 0 saturated carbocycles. The van der Waals surface area contributed by atoms with Gasteiger partial charge in [0.1, 0.15) is 18.2 Å². The Hall–Kier alpha value is -3.39. The van der Waals surface area contributed by atoms with Gasteiger partial charge in [-0.25, -0.2) is 17.6 Å². The van der Waals surface area contributed by atoms with E-state index in [1.807, 2.05) is 0 Å². The summed E-state index contributed by atoms with van der Waals surface area (Å²) in [5.41, 5.74) is 0.865. The summed E-state index contributed by atoms with van der Waals surface area (Å²) in [5, 5.41) is 8.91. The number of ether oxygens (including phenoxy) is 1. The van der Waals surface area contributed by atoms with Gasteiger partial charge >= 0.3 is 5.97 Å². The summed E-state index contributed by atoms with van der Waals surface area (Å²) in [5.74, 6) is -1.61. The maximum Gasteiger partial charge on any atom is 0.335 e. The fourth-order valence-corrected chi connectivity index (χ4v) is 3.50. The van der Waals surface area contributed by atoms with Crippen LogP contribution in [0.2, 0.25) is 0 Å². The predicted octanol–water partition coefficient (Wildman–Crippen LogP) is 3.90. The smallest absolute Gasteiger partial charge is 0.335 e. The van der Waals surface area contributed by atoms with Crippen molar-refractivity contribution in [2.45, 2.75) is 11.5 Å². The van der Waals surface area contributed by atoms with Crippen LogP contribution in [0.4, 0.5) is 10.1 Å². The molecule has 0 spiro atoms. The molecule has 3 rings (SSSR count). The molecule has 0 atom stereocenters. The molecule has 0 bridgehead atoms. The SMILES string of the molecule is O=C(O)c1ccc(COc2cc(F)ccc2NS(=O)(=O)c2ccccc2)cc1. The molecule has 0 unspecified atom stereocenters. The molecule has 28 heavy (non-hydrogen) atoms. The molecule has 0 aromatic heterocycles. The number of anilines is 1. The van der Waals surface area contributed by atoms with Crippen LogP contribution in [0.15, 0.2) is 77.7 Å². The zero-order chi connectivity index (χ0) is 20.1. The molecular weight excluding hydrogens is 385 g/mol. The molecule has 8 heteroatoms. The van der Waals surface area contributed by atoms with Crippen molar-refractivity contribution in [2.75, 3.05) is 4.72 Å². The molecule has 3 aromatic carbocycles. The van der Waals surface area contributed by atoms with Crippen molar-refractivity contribution < 1.29 is 27.4 Å². The van der Waals surface area contributed by atoms with Gasteiger partial charge in [-0.3, -0.25) is 4.72 Å². The topological polar surface area (TPSA) is 92.7 Å². The summed E-state index contributed by atoms with van der Waals surface area (Å²) in [6.07, 6.45) is 0. The lowest BCUT2D eigenvalue weighted by Gasteiger charge is -2.14. The number of carbonyl (C=O) groups is 1. The summed E-state index contributed by atoms with van der Waals surface area (Å²) in [4.78, 5) is 10.9. The maximum atomic E-state index is 13.6. The predicted molar refractivity (Wildman–Crippen MR) is 101 cm³/mol. The molecule has 0 fully saturated rings. The minimum atomic E-state index is -3.86. The van der Waals surface area contributed by atoms with Crippen molar-refractivity contribution in [1.82, 2.24) is 0 Å². The number of aromatic carboxylic acids is 1. The first kappa shape index (κ1) is 19.4. The number of rotatable bonds is 7. The van der Waals surface area contributed by atoms with Crippen molar-refractivity contribution in [3.63, 3.8) is 0 Å². The van der Waals surface area contributed by atoms with Crippen LogP contribution >= 0.6 is 0 Å². The number of hydrogen-bond donors (Lipinski definition) is 2. The van der Waals surface area contributed by atoms with Gasteiger partial charge in [-0.2, -0.15) is 0 Å². The first-order chi connectivity index (χ1) is 13.3. The first-order valence-corrected chi connectivity index (χ1v) is 9.66. The van der Waals surface area contributed by atoms with Gasteiger partial charge in [-0.05, 0) is 42.0 Å². The monoisotopic (exact) mass is 401 g/mol. The summed E-state index contributed by atoms with van der Waals surface area (Å²) >= 11 is 0. The van der Waals surface area contributed by atoms with Gasteiger partial charge in [0, 0.05) is 6.07 Å². The van der Waals surface area contributed by atoms with Crippen LogP contribution in [0.5, 0.6) is 5.75 Å². The molecule has 3 aromatic rings. The summed E-state index contributed by atoms with van der Waals surface area (Å²) in [6, 6.07) is 17.2. The van der Waals surface area contributed by atoms with Gasteiger partial charge in [0.25, 0.3) is 10.0 Å².